The lowest BCUT2D eigenvalue weighted by Gasteiger charge is -2.11. The van der Waals surface area contributed by atoms with E-state index in [4.69, 9.17) is 9.88 Å². The number of hydrogen-bond donors (Lipinski definition) is 2. The van der Waals surface area contributed by atoms with Crippen LogP contribution in [-0.4, -0.2) is 20.6 Å². The molecule has 0 spiro atoms. The molecule has 0 aliphatic heterocycles. The first-order chi connectivity index (χ1) is 6.86. The van der Waals surface area contributed by atoms with Crippen LogP contribution in [0.15, 0.2) is 23.1 Å². The average Bonchev–Trinajstić information content (AvgIpc) is 2.15. The molecule has 0 heterocycles. The third kappa shape index (κ3) is 2.68. The van der Waals surface area contributed by atoms with Crippen LogP contribution >= 0.6 is 0 Å². The molecule has 5 nitrogen and oxygen atoms in total. The van der Waals surface area contributed by atoms with E-state index >= 15 is 0 Å². The Morgan fingerprint density at radius 3 is 2.47 bits per heavy atom. The van der Waals surface area contributed by atoms with Crippen molar-refractivity contribution in [3.8, 4) is 5.75 Å². The molecule has 0 aliphatic rings. The maximum Gasteiger partial charge on any atom is 0.238 e. The second-order valence-electron chi connectivity index (χ2n) is 3.12. The molecule has 1 aromatic carbocycles. The van der Waals surface area contributed by atoms with Crippen LogP contribution in [0.25, 0.3) is 0 Å². The van der Waals surface area contributed by atoms with Crippen molar-refractivity contribution in [2.75, 3.05) is 7.11 Å². The van der Waals surface area contributed by atoms with Gasteiger partial charge < -0.3 is 9.84 Å². The maximum absolute atomic E-state index is 11.1. The molecule has 15 heavy (non-hydrogen) atoms. The Morgan fingerprint density at radius 2 is 2.07 bits per heavy atom. The van der Waals surface area contributed by atoms with Crippen LogP contribution in [0.3, 0.4) is 0 Å². The molecule has 0 aliphatic carbocycles. The molecule has 3 N–H and O–H groups in total. The quantitative estimate of drug-likeness (QED) is 0.787. The summed E-state index contributed by atoms with van der Waals surface area (Å²) in [5.74, 6) is 0.428. The van der Waals surface area contributed by atoms with Gasteiger partial charge in [0, 0.05) is 5.56 Å². The van der Waals surface area contributed by atoms with Crippen LogP contribution in [0, 0.1) is 0 Å². The summed E-state index contributed by atoms with van der Waals surface area (Å²) < 4.78 is 27.1. The van der Waals surface area contributed by atoms with Crippen molar-refractivity contribution >= 4 is 10.0 Å². The van der Waals surface area contributed by atoms with Gasteiger partial charge in [0.25, 0.3) is 0 Å². The molecule has 1 atom stereocenters. The molecular weight excluding hydrogens is 218 g/mol. The highest BCUT2D eigenvalue weighted by atomic mass is 32.2. The second-order valence-corrected chi connectivity index (χ2v) is 4.69. The van der Waals surface area contributed by atoms with Crippen LogP contribution in [-0.2, 0) is 10.0 Å². The number of aliphatic hydroxyl groups excluding tert-OH is 1. The van der Waals surface area contributed by atoms with Crippen molar-refractivity contribution in [2.45, 2.75) is 17.9 Å². The summed E-state index contributed by atoms with van der Waals surface area (Å²) in [7, 11) is -2.31. The first kappa shape index (κ1) is 12.0. The lowest BCUT2D eigenvalue weighted by atomic mass is 10.1. The Bertz CT molecular complexity index is 453. The Labute approximate surface area is 88.5 Å². The van der Waals surface area contributed by atoms with E-state index in [1.54, 1.807) is 0 Å². The second kappa shape index (κ2) is 4.18. The van der Waals surface area contributed by atoms with Crippen molar-refractivity contribution in [1.82, 2.24) is 0 Å². The summed E-state index contributed by atoms with van der Waals surface area (Å²) in [6, 6.07) is 4.10. The molecule has 84 valence electrons. The third-order valence-electron chi connectivity index (χ3n) is 1.98. The van der Waals surface area contributed by atoms with Crippen LogP contribution in [0.1, 0.15) is 18.6 Å². The molecule has 0 bridgehead atoms. The number of sulfonamides is 1. The molecular formula is C9H13NO4S. The van der Waals surface area contributed by atoms with Gasteiger partial charge in [0.05, 0.1) is 18.1 Å². The van der Waals surface area contributed by atoms with Gasteiger partial charge in [-0.05, 0) is 25.1 Å². The van der Waals surface area contributed by atoms with Crippen molar-refractivity contribution in [3.05, 3.63) is 23.8 Å². The topological polar surface area (TPSA) is 89.6 Å². The first-order valence-electron chi connectivity index (χ1n) is 4.25. The molecule has 0 saturated carbocycles. The summed E-state index contributed by atoms with van der Waals surface area (Å²) >= 11 is 0. The van der Waals surface area contributed by atoms with Crippen LogP contribution in [0.2, 0.25) is 0 Å². The van der Waals surface area contributed by atoms with Gasteiger partial charge in [-0.15, -0.1) is 0 Å². The van der Waals surface area contributed by atoms with Gasteiger partial charge in [-0.3, -0.25) is 0 Å². The Kier molecular flexibility index (Phi) is 3.33. The lowest BCUT2D eigenvalue weighted by Crippen LogP contribution is -2.13. The summed E-state index contributed by atoms with van der Waals surface area (Å²) in [5.41, 5.74) is 0.393. The Balaban J connectivity index is 3.35. The standard InChI is InChI=1S/C9H13NO4S/c1-6(11)8-5-7(15(10,12)13)3-4-9(8)14-2/h3-6,11H,1-2H3,(H2,10,12,13). The zero-order valence-corrected chi connectivity index (χ0v) is 9.28. The number of benzene rings is 1. The molecule has 1 aromatic rings. The zero-order valence-electron chi connectivity index (χ0n) is 8.47. The zero-order chi connectivity index (χ0) is 11.6. The van der Waals surface area contributed by atoms with E-state index in [1.807, 2.05) is 0 Å². The molecule has 0 saturated heterocycles. The van der Waals surface area contributed by atoms with E-state index in [0.717, 1.165) is 0 Å². The lowest BCUT2D eigenvalue weighted by molar-refractivity contribution is 0.194. The SMILES string of the molecule is COc1ccc(S(N)(=O)=O)cc1C(C)O. The number of aliphatic hydroxyl groups is 1. The number of methoxy groups -OCH3 is 1. The highest BCUT2D eigenvalue weighted by molar-refractivity contribution is 7.89. The van der Waals surface area contributed by atoms with Crippen molar-refractivity contribution < 1.29 is 18.3 Å². The normalized spacial score (nSPS) is 13.6. The largest absolute Gasteiger partial charge is 0.496 e. The highest BCUT2D eigenvalue weighted by Gasteiger charge is 2.14. The number of hydrogen-bond acceptors (Lipinski definition) is 4. The van der Waals surface area contributed by atoms with Gasteiger partial charge in [-0.2, -0.15) is 0 Å². The minimum absolute atomic E-state index is 0.0424. The average molecular weight is 231 g/mol. The molecule has 1 unspecified atom stereocenters. The van der Waals surface area contributed by atoms with E-state index in [2.05, 4.69) is 0 Å². The smallest absolute Gasteiger partial charge is 0.238 e. The monoisotopic (exact) mass is 231 g/mol. The predicted octanol–water partition coefficient (Wildman–Crippen LogP) is 0.396. The van der Waals surface area contributed by atoms with Crippen LogP contribution in [0.5, 0.6) is 5.75 Å². The third-order valence-corrected chi connectivity index (χ3v) is 2.89. The molecule has 0 fully saturated rings. The van der Waals surface area contributed by atoms with Gasteiger partial charge in [-0.25, -0.2) is 13.6 Å². The van der Waals surface area contributed by atoms with Gasteiger partial charge in [-0.1, -0.05) is 0 Å². The fourth-order valence-corrected chi connectivity index (χ4v) is 1.76. The summed E-state index contributed by atoms with van der Waals surface area (Å²) in [6.07, 6.45) is -0.818. The van der Waals surface area contributed by atoms with Crippen LogP contribution < -0.4 is 9.88 Å². The molecule has 0 radical (unpaired) electrons. The predicted molar refractivity (Wildman–Crippen MR) is 55.0 cm³/mol. The van der Waals surface area contributed by atoms with Gasteiger partial charge in [0.2, 0.25) is 10.0 Å². The van der Waals surface area contributed by atoms with Crippen molar-refractivity contribution in [2.24, 2.45) is 5.14 Å². The molecule has 0 aromatic heterocycles. The summed E-state index contributed by atoms with van der Waals surface area (Å²) in [5, 5.41) is 14.4. The summed E-state index contributed by atoms with van der Waals surface area (Å²) in [6.45, 7) is 1.52. The van der Waals surface area contributed by atoms with Crippen molar-refractivity contribution in [3.63, 3.8) is 0 Å². The van der Waals surface area contributed by atoms with E-state index in [9.17, 15) is 13.5 Å². The fraction of sp³-hybridized carbons (Fsp3) is 0.333. The molecule has 6 heteroatoms. The Hall–Kier alpha value is -1.11. The fourth-order valence-electron chi connectivity index (χ4n) is 1.22. The first-order valence-corrected chi connectivity index (χ1v) is 5.79. The molecule has 0 amide bonds. The summed E-state index contributed by atoms with van der Waals surface area (Å²) in [4.78, 5) is -0.0424. The van der Waals surface area contributed by atoms with Crippen LogP contribution in [0.4, 0.5) is 0 Å². The number of nitrogens with two attached hydrogens (primary N) is 1. The minimum atomic E-state index is -3.75. The highest BCUT2D eigenvalue weighted by Crippen LogP contribution is 2.27. The number of primary sulfonamides is 1. The van der Waals surface area contributed by atoms with E-state index in [1.165, 1.54) is 32.2 Å². The van der Waals surface area contributed by atoms with Gasteiger partial charge >= 0.3 is 0 Å². The Morgan fingerprint density at radius 1 is 1.47 bits per heavy atom. The van der Waals surface area contributed by atoms with Gasteiger partial charge in [0.1, 0.15) is 5.75 Å². The van der Waals surface area contributed by atoms with Gasteiger partial charge in [0.15, 0.2) is 0 Å². The number of ether oxygens (including phenoxy) is 1. The van der Waals surface area contributed by atoms with E-state index in [-0.39, 0.29) is 4.90 Å². The molecule has 1 rings (SSSR count). The number of rotatable bonds is 3. The minimum Gasteiger partial charge on any atom is -0.496 e. The van der Waals surface area contributed by atoms with E-state index < -0.39 is 16.1 Å². The maximum atomic E-state index is 11.1. The van der Waals surface area contributed by atoms with E-state index in [0.29, 0.717) is 11.3 Å². The van der Waals surface area contributed by atoms with Crippen molar-refractivity contribution in [1.29, 1.82) is 0 Å².